The second-order valence-electron chi connectivity index (χ2n) is 8.85. The van der Waals surface area contributed by atoms with Crippen LogP contribution < -0.4 is 10.6 Å². The van der Waals surface area contributed by atoms with E-state index in [4.69, 9.17) is 0 Å². The lowest BCUT2D eigenvalue weighted by Gasteiger charge is -2.11. The summed E-state index contributed by atoms with van der Waals surface area (Å²) in [5.74, 6) is -0.546. The van der Waals surface area contributed by atoms with Gasteiger partial charge in [0.05, 0.1) is 16.8 Å². The van der Waals surface area contributed by atoms with Crippen LogP contribution in [0.15, 0.2) is 53.4 Å². The third-order valence-electron chi connectivity index (χ3n) is 5.57. The number of nitrogens with one attached hydrogen (secondary N) is 2. The highest BCUT2D eigenvalue weighted by Crippen LogP contribution is 2.32. The van der Waals surface area contributed by atoms with E-state index in [0.717, 1.165) is 0 Å². The summed E-state index contributed by atoms with van der Waals surface area (Å²) in [6, 6.07) is 13.3. The third kappa shape index (κ3) is 5.48. The van der Waals surface area contributed by atoms with Gasteiger partial charge >= 0.3 is 0 Å². The van der Waals surface area contributed by atoms with Crippen LogP contribution in [-0.2, 0) is 26.0 Å². The van der Waals surface area contributed by atoms with Gasteiger partial charge in [0.15, 0.2) is 0 Å². The first-order chi connectivity index (χ1) is 16.0. The topological polar surface area (TPSA) is 101 Å². The predicted octanol–water partition coefficient (Wildman–Crippen LogP) is 3.00. The van der Waals surface area contributed by atoms with Gasteiger partial charge in [-0.15, -0.1) is 0 Å². The Bertz CT molecular complexity index is 1300. The van der Waals surface area contributed by atoms with Gasteiger partial charge in [-0.2, -0.15) is 0 Å². The minimum absolute atomic E-state index is 0.0225. The van der Waals surface area contributed by atoms with Crippen molar-refractivity contribution in [3.8, 4) is 0 Å². The minimum Gasteiger partial charge on any atom is -0.355 e. The van der Waals surface area contributed by atoms with E-state index in [1.807, 2.05) is 19.0 Å². The van der Waals surface area contributed by atoms with Gasteiger partial charge in [-0.25, -0.2) is 12.4 Å². The van der Waals surface area contributed by atoms with Gasteiger partial charge in [-0.3, -0.25) is 9.59 Å². The maximum atomic E-state index is 13.6. The fraction of sp³-hybridized carbons (Fsp3) is 0.360. The average molecular weight is 485 g/mol. The van der Waals surface area contributed by atoms with E-state index in [0.29, 0.717) is 40.9 Å². The number of benzene rings is 2. The highest BCUT2D eigenvalue weighted by Gasteiger charge is 2.26. The summed E-state index contributed by atoms with van der Waals surface area (Å²) < 4.78 is 28.4. The first kappa shape index (κ1) is 25.5. The Morgan fingerprint density at radius 3 is 2.35 bits per heavy atom. The molecule has 9 heteroatoms. The van der Waals surface area contributed by atoms with Crippen LogP contribution in [0.5, 0.6) is 0 Å². The van der Waals surface area contributed by atoms with Crippen LogP contribution in [0.2, 0.25) is 0 Å². The molecule has 3 aromatic rings. The molecule has 0 spiro atoms. The number of carbonyl (C=O) groups is 2. The SMILES string of the molecule is Cc1c(CC(=O)NCCN(C)C)c2cc(NC(=O)C(C)C)ccc2n1S(=O)(=O)c1ccccc1. The Morgan fingerprint density at radius 2 is 1.74 bits per heavy atom. The van der Waals surface area contributed by atoms with E-state index in [-0.39, 0.29) is 29.0 Å². The summed E-state index contributed by atoms with van der Waals surface area (Å²) in [4.78, 5) is 27.1. The number of anilines is 1. The number of rotatable bonds is 9. The van der Waals surface area contributed by atoms with Gasteiger partial charge in [0.2, 0.25) is 11.8 Å². The molecule has 0 saturated heterocycles. The van der Waals surface area contributed by atoms with Crippen molar-refractivity contribution in [2.45, 2.75) is 32.1 Å². The van der Waals surface area contributed by atoms with E-state index in [2.05, 4.69) is 10.6 Å². The summed E-state index contributed by atoms with van der Waals surface area (Å²) >= 11 is 0. The van der Waals surface area contributed by atoms with Crippen LogP contribution in [0, 0.1) is 12.8 Å². The average Bonchev–Trinajstić information content (AvgIpc) is 3.05. The molecule has 0 saturated carbocycles. The first-order valence-electron chi connectivity index (χ1n) is 11.2. The zero-order valence-corrected chi connectivity index (χ0v) is 21.1. The van der Waals surface area contributed by atoms with Crippen molar-refractivity contribution < 1.29 is 18.0 Å². The Balaban J connectivity index is 2.11. The summed E-state index contributed by atoms with van der Waals surface area (Å²) in [5.41, 5.74) is 2.08. The smallest absolute Gasteiger partial charge is 0.268 e. The lowest BCUT2D eigenvalue weighted by Crippen LogP contribution is -2.32. The van der Waals surface area contributed by atoms with Gasteiger partial charge < -0.3 is 15.5 Å². The molecule has 0 unspecified atom stereocenters. The number of fused-ring (bicyclic) bond motifs is 1. The zero-order chi connectivity index (χ0) is 25.0. The number of carbonyl (C=O) groups excluding carboxylic acids is 2. The summed E-state index contributed by atoms with van der Waals surface area (Å²) in [5, 5.41) is 6.36. The molecule has 8 nitrogen and oxygen atoms in total. The summed E-state index contributed by atoms with van der Waals surface area (Å²) in [7, 11) is -0.0538. The second kappa shape index (κ2) is 10.4. The zero-order valence-electron chi connectivity index (χ0n) is 20.3. The molecular weight excluding hydrogens is 452 g/mol. The van der Waals surface area contributed by atoms with Gasteiger partial charge in [0.25, 0.3) is 10.0 Å². The molecule has 0 bridgehead atoms. The summed E-state index contributed by atoms with van der Waals surface area (Å²) in [6.45, 7) is 6.48. The van der Waals surface area contributed by atoms with Crippen LogP contribution in [-0.4, -0.2) is 56.3 Å². The van der Waals surface area contributed by atoms with Crippen molar-refractivity contribution in [1.82, 2.24) is 14.2 Å². The monoisotopic (exact) mass is 484 g/mol. The first-order valence-corrected chi connectivity index (χ1v) is 12.6. The molecule has 1 heterocycles. The third-order valence-corrected chi connectivity index (χ3v) is 7.39. The van der Waals surface area contributed by atoms with E-state index >= 15 is 0 Å². The number of likely N-dealkylation sites (N-methyl/N-ethyl adjacent to an activating group) is 1. The number of aromatic nitrogens is 1. The highest BCUT2D eigenvalue weighted by molar-refractivity contribution is 7.90. The molecule has 34 heavy (non-hydrogen) atoms. The van der Waals surface area contributed by atoms with Crippen LogP contribution in [0.4, 0.5) is 5.69 Å². The van der Waals surface area contributed by atoms with Crippen molar-refractivity contribution >= 4 is 38.4 Å². The number of hydrogen-bond acceptors (Lipinski definition) is 5. The van der Waals surface area contributed by atoms with Crippen molar-refractivity contribution in [2.24, 2.45) is 5.92 Å². The molecule has 0 aliphatic rings. The highest BCUT2D eigenvalue weighted by atomic mass is 32.2. The van der Waals surface area contributed by atoms with Gasteiger partial charge in [0, 0.05) is 35.8 Å². The molecule has 182 valence electrons. The number of amides is 2. The van der Waals surface area contributed by atoms with Crippen molar-refractivity contribution in [2.75, 3.05) is 32.5 Å². The molecule has 2 N–H and O–H groups in total. The lowest BCUT2D eigenvalue weighted by atomic mass is 10.1. The quantitative estimate of drug-likeness (QED) is 0.486. The van der Waals surface area contributed by atoms with Crippen LogP contribution in [0.1, 0.15) is 25.1 Å². The van der Waals surface area contributed by atoms with E-state index in [1.165, 1.54) is 3.97 Å². The van der Waals surface area contributed by atoms with E-state index in [1.54, 1.807) is 69.3 Å². The molecule has 0 aliphatic heterocycles. The predicted molar refractivity (Wildman–Crippen MR) is 134 cm³/mol. The van der Waals surface area contributed by atoms with Crippen LogP contribution in [0.3, 0.4) is 0 Å². The Morgan fingerprint density at radius 1 is 1.06 bits per heavy atom. The second-order valence-corrected chi connectivity index (χ2v) is 10.6. The largest absolute Gasteiger partial charge is 0.355 e. The van der Waals surface area contributed by atoms with E-state index < -0.39 is 10.0 Å². The van der Waals surface area contributed by atoms with Crippen molar-refractivity contribution in [3.05, 3.63) is 59.8 Å². The number of nitrogens with zero attached hydrogens (tertiary/aromatic N) is 2. The maximum Gasteiger partial charge on any atom is 0.268 e. The van der Waals surface area contributed by atoms with Gasteiger partial charge in [-0.05, 0) is 56.9 Å². The fourth-order valence-electron chi connectivity index (χ4n) is 3.69. The molecule has 0 aliphatic carbocycles. The Hall–Kier alpha value is -3.17. The molecule has 0 fully saturated rings. The van der Waals surface area contributed by atoms with Crippen molar-refractivity contribution in [1.29, 1.82) is 0 Å². The van der Waals surface area contributed by atoms with Crippen molar-refractivity contribution in [3.63, 3.8) is 0 Å². The molecular formula is C25H32N4O4S. The fourth-order valence-corrected chi connectivity index (χ4v) is 5.29. The Kier molecular flexibility index (Phi) is 7.78. The minimum atomic E-state index is -3.90. The van der Waals surface area contributed by atoms with Crippen LogP contribution in [0.25, 0.3) is 10.9 Å². The molecule has 1 aromatic heterocycles. The van der Waals surface area contributed by atoms with Crippen LogP contribution >= 0.6 is 0 Å². The van der Waals surface area contributed by atoms with Gasteiger partial charge in [0.1, 0.15) is 0 Å². The molecule has 0 atom stereocenters. The molecule has 0 radical (unpaired) electrons. The summed E-state index contributed by atoms with van der Waals surface area (Å²) in [6.07, 6.45) is 0.0225. The molecule has 2 aromatic carbocycles. The Labute approximate surface area is 201 Å². The molecule has 3 rings (SSSR count). The molecule has 2 amide bonds. The number of hydrogen-bond donors (Lipinski definition) is 2. The maximum absolute atomic E-state index is 13.6. The van der Waals surface area contributed by atoms with Gasteiger partial charge in [-0.1, -0.05) is 32.0 Å². The van der Waals surface area contributed by atoms with E-state index in [9.17, 15) is 18.0 Å². The lowest BCUT2D eigenvalue weighted by molar-refractivity contribution is -0.120. The normalized spacial score (nSPS) is 11.9. The standard InChI is InChI=1S/C25H32N4O4S/c1-17(2)25(31)27-19-11-12-23-22(15-19)21(16-24(30)26-13-14-28(4)5)18(3)29(23)34(32,33)20-9-7-6-8-10-20/h6-12,15,17H,13-14,16H2,1-5H3,(H,26,30)(H,27,31).